The highest BCUT2D eigenvalue weighted by Gasteiger charge is 2.06. The Balaban J connectivity index is 1.94. The summed E-state index contributed by atoms with van der Waals surface area (Å²) in [5.74, 6) is 0.730. The maximum atomic E-state index is 5.99. The Morgan fingerprint density at radius 1 is 1.00 bits per heavy atom. The van der Waals surface area contributed by atoms with Crippen LogP contribution in [0.1, 0.15) is 18.9 Å². The van der Waals surface area contributed by atoms with Gasteiger partial charge in [-0.05, 0) is 47.9 Å². The highest BCUT2D eigenvalue weighted by atomic mass is 35.5. The van der Waals surface area contributed by atoms with Crippen molar-refractivity contribution in [1.82, 2.24) is 9.97 Å². The van der Waals surface area contributed by atoms with Crippen molar-refractivity contribution in [2.24, 2.45) is 0 Å². The van der Waals surface area contributed by atoms with Gasteiger partial charge in [0.05, 0.1) is 5.52 Å². The Morgan fingerprint density at radius 2 is 1.76 bits per heavy atom. The van der Waals surface area contributed by atoms with E-state index in [1.54, 1.807) is 0 Å². The molecule has 21 heavy (non-hydrogen) atoms. The summed E-state index contributed by atoms with van der Waals surface area (Å²) in [5.41, 5.74) is 3.17. The highest BCUT2D eigenvalue weighted by molar-refractivity contribution is 6.28. The van der Waals surface area contributed by atoms with Gasteiger partial charge in [0.1, 0.15) is 5.82 Å². The van der Waals surface area contributed by atoms with Gasteiger partial charge in [-0.2, -0.15) is 4.98 Å². The van der Waals surface area contributed by atoms with Gasteiger partial charge in [-0.3, -0.25) is 0 Å². The number of para-hydroxylation sites is 1. The number of halogens is 1. The van der Waals surface area contributed by atoms with Crippen molar-refractivity contribution in [3.05, 3.63) is 59.4 Å². The topological polar surface area (TPSA) is 37.8 Å². The number of nitrogens with one attached hydrogen (secondary N) is 1. The molecule has 1 aromatic heterocycles. The van der Waals surface area contributed by atoms with Crippen LogP contribution in [-0.2, 0) is 6.42 Å². The summed E-state index contributed by atoms with van der Waals surface area (Å²) in [6.07, 6.45) is 2.25. The minimum absolute atomic E-state index is 0.249. The molecule has 3 rings (SSSR count). The predicted molar refractivity (Wildman–Crippen MR) is 88.3 cm³/mol. The van der Waals surface area contributed by atoms with Crippen LogP contribution in [0.4, 0.5) is 11.5 Å². The minimum Gasteiger partial charge on any atom is -0.340 e. The third-order valence-corrected chi connectivity index (χ3v) is 3.50. The summed E-state index contributed by atoms with van der Waals surface area (Å²) in [7, 11) is 0. The van der Waals surface area contributed by atoms with Crippen LogP contribution in [0.15, 0.2) is 48.5 Å². The molecule has 0 saturated carbocycles. The molecule has 0 unspecified atom stereocenters. The molecule has 0 spiro atoms. The normalized spacial score (nSPS) is 10.8. The van der Waals surface area contributed by atoms with E-state index < -0.39 is 0 Å². The number of aryl methyl sites for hydroxylation is 1. The average molecular weight is 298 g/mol. The SMILES string of the molecule is CCCc1ccc(Nc2nc(Cl)nc3ccccc23)cc1. The number of aromatic nitrogens is 2. The summed E-state index contributed by atoms with van der Waals surface area (Å²) in [5, 5.41) is 4.53. The molecule has 3 nitrogen and oxygen atoms in total. The Morgan fingerprint density at radius 3 is 2.52 bits per heavy atom. The largest absolute Gasteiger partial charge is 0.340 e. The second kappa shape index (κ2) is 6.10. The van der Waals surface area contributed by atoms with Crippen LogP contribution in [0.25, 0.3) is 10.9 Å². The van der Waals surface area contributed by atoms with E-state index in [0.717, 1.165) is 35.2 Å². The number of nitrogens with zero attached hydrogens (tertiary/aromatic N) is 2. The molecule has 0 fully saturated rings. The van der Waals surface area contributed by atoms with Gasteiger partial charge in [-0.1, -0.05) is 37.6 Å². The molecule has 0 bridgehead atoms. The maximum Gasteiger partial charge on any atom is 0.224 e. The lowest BCUT2D eigenvalue weighted by Crippen LogP contribution is -1.97. The summed E-state index contributed by atoms with van der Waals surface area (Å²) in [6, 6.07) is 16.2. The summed E-state index contributed by atoms with van der Waals surface area (Å²) < 4.78 is 0. The lowest BCUT2D eigenvalue weighted by Gasteiger charge is -2.09. The van der Waals surface area contributed by atoms with Crippen LogP contribution < -0.4 is 5.32 Å². The fourth-order valence-electron chi connectivity index (χ4n) is 2.32. The Labute approximate surface area is 129 Å². The van der Waals surface area contributed by atoms with Crippen molar-refractivity contribution in [1.29, 1.82) is 0 Å². The van der Waals surface area contributed by atoms with E-state index >= 15 is 0 Å². The Hall–Kier alpha value is -2.13. The van der Waals surface area contributed by atoms with Gasteiger partial charge >= 0.3 is 0 Å². The number of hydrogen-bond acceptors (Lipinski definition) is 3. The van der Waals surface area contributed by atoms with E-state index in [2.05, 4.69) is 46.5 Å². The zero-order valence-electron chi connectivity index (χ0n) is 11.8. The lowest BCUT2D eigenvalue weighted by atomic mass is 10.1. The molecular formula is C17H16ClN3. The fraction of sp³-hybridized carbons (Fsp3) is 0.176. The quantitative estimate of drug-likeness (QED) is 0.690. The van der Waals surface area contributed by atoms with Gasteiger partial charge in [0.15, 0.2) is 0 Å². The molecule has 1 N–H and O–H groups in total. The standard InChI is InChI=1S/C17H16ClN3/c1-2-5-12-8-10-13(11-9-12)19-16-14-6-3-4-7-15(14)20-17(18)21-16/h3-4,6-11H,2,5H2,1H3,(H,19,20,21). The molecule has 0 radical (unpaired) electrons. The summed E-state index contributed by atoms with van der Waals surface area (Å²) in [4.78, 5) is 8.53. The molecule has 3 aromatic rings. The number of anilines is 2. The Bertz CT molecular complexity index is 754. The Kier molecular flexibility index (Phi) is 4.02. The number of fused-ring (bicyclic) bond motifs is 1. The van der Waals surface area contributed by atoms with E-state index in [1.807, 2.05) is 24.3 Å². The molecule has 106 valence electrons. The lowest BCUT2D eigenvalue weighted by molar-refractivity contribution is 0.922. The van der Waals surface area contributed by atoms with Crippen molar-refractivity contribution in [3.63, 3.8) is 0 Å². The second-order valence-electron chi connectivity index (χ2n) is 4.93. The van der Waals surface area contributed by atoms with Crippen molar-refractivity contribution in [2.75, 3.05) is 5.32 Å². The summed E-state index contributed by atoms with van der Waals surface area (Å²) in [6.45, 7) is 2.18. The number of hydrogen-bond donors (Lipinski definition) is 1. The molecule has 2 aromatic carbocycles. The van der Waals surface area contributed by atoms with Gasteiger partial charge in [0.25, 0.3) is 0 Å². The van der Waals surface area contributed by atoms with Crippen molar-refractivity contribution in [3.8, 4) is 0 Å². The number of benzene rings is 2. The first-order valence-electron chi connectivity index (χ1n) is 7.04. The van der Waals surface area contributed by atoms with Crippen LogP contribution in [0.2, 0.25) is 5.28 Å². The third-order valence-electron chi connectivity index (χ3n) is 3.33. The maximum absolute atomic E-state index is 5.99. The van der Waals surface area contributed by atoms with Gasteiger partial charge in [0.2, 0.25) is 5.28 Å². The van der Waals surface area contributed by atoms with E-state index in [9.17, 15) is 0 Å². The zero-order valence-corrected chi connectivity index (χ0v) is 12.6. The van der Waals surface area contributed by atoms with Crippen LogP contribution in [0.3, 0.4) is 0 Å². The predicted octanol–water partition coefficient (Wildman–Crippen LogP) is 4.98. The molecule has 0 saturated heterocycles. The van der Waals surface area contributed by atoms with Crippen molar-refractivity contribution in [2.45, 2.75) is 19.8 Å². The zero-order chi connectivity index (χ0) is 14.7. The fourth-order valence-corrected chi connectivity index (χ4v) is 2.50. The van der Waals surface area contributed by atoms with E-state index in [4.69, 9.17) is 11.6 Å². The van der Waals surface area contributed by atoms with Crippen LogP contribution in [0, 0.1) is 0 Å². The van der Waals surface area contributed by atoms with E-state index in [1.165, 1.54) is 5.56 Å². The van der Waals surface area contributed by atoms with Crippen LogP contribution >= 0.6 is 11.6 Å². The summed E-state index contributed by atoms with van der Waals surface area (Å²) >= 11 is 5.99. The monoisotopic (exact) mass is 297 g/mol. The van der Waals surface area contributed by atoms with Crippen LogP contribution in [-0.4, -0.2) is 9.97 Å². The molecular weight excluding hydrogens is 282 g/mol. The first kappa shape index (κ1) is 13.8. The molecule has 0 aliphatic heterocycles. The van der Waals surface area contributed by atoms with Gasteiger partial charge in [-0.15, -0.1) is 0 Å². The number of rotatable bonds is 4. The van der Waals surface area contributed by atoms with Gasteiger partial charge < -0.3 is 5.32 Å². The average Bonchev–Trinajstić information content (AvgIpc) is 2.49. The van der Waals surface area contributed by atoms with Gasteiger partial charge in [-0.25, -0.2) is 4.98 Å². The van der Waals surface area contributed by atoms with Gasteiger partial charge in [0, 0.05) is 11.1 Å². The molecule has 4 heteroatoms. The molecule has 0 aliphatic carbocycles. The first-order valence-corrected chi connectivity index (χ1v) is 7.42. The molecule has 0 atom stereocenters. The highest BCUT2D eigenvalue weighted by Crippen LogP contribution is 2.25. The first-order chi connectivity index (χ1) is 10.3. The van der Waals surface area contributed by atoms with Crippen molar-refractivity contribution < 1.29 is 0 Å². The molecule has 1 heterocycles. The van der Waals surface area contributed by atoms with E-state index in [-0.39, 0.29) is 5.28 Å². The minimum atomic E-state index is 0.249. The molecule has 0 amide bonds. The van der Waals surface area contributed by atoms with Crippen LogP contribution in [0.5, 0.6) is 0 Å². The van der Waals surface area contributed by atoms with E-state index in [0.29, 0.717) is 0 Å². The molecule has 0 aliphatic rings. The smallest absolute Gasteiger partial charge is 0.224 e. The third kappa shape index (κ3) is 3.14. The van der Waals surface area contributed by atoms with Crippen molar-refractivity contribution >= 4 is 34.0 Å². The second-order valence-corrected chi connectivity index (χ2v) is 5.27.